The Labute approximate surface area is 118 Å². The van der Waals surface area contributed by atoms with Gasteiger partial charge in [-0.3, -0.25) is 4.90 Å². The van der Waals surface area contributed by atoms with Crippen LogP contribution in [0.15, 0.2) is 0 Å². The van der Waals surface area contributed by atoms with E-state index in [9.17, 15) is 0 Å². The van der Waals surface area contributed by atoms with Crippen LogP contribution < -0.4 is 5.73 Å². The minimum Gasteiger partial charge on any atom is -0.376 e. The number of hydrogen-bond acceptors (Lipinski definition) is 4. The van der Waals surface area contributed by atoms with Crippen LogP contribution in [-0.4, -0.2) is 66.3 Å². The molecule has 2 aliphatic heterocycles. The number of rotatable bonds is 3. The summed E-state index contributed by atoms with van der Waals surface area (Å²) in [6.07, 6.45) is 2.72. The standard InChI is InChI=1S/C15H31N3O/c1-12(2)17-7-5-15(11-16,6-8-17)18-9-14(4)19-10-13(18)3/h12-14H,5-11,16H2,1-4H3. The maximum absolute atomic E-state index is 6.20. The van der Waals surface area contributed by atoms with Gasteiger partial charge in [-0.1, -0.05) is 0 Å². The molecule has 2 aliphatic rings. The lowest BCUT2D eigenvalue weighted by Gasteiger charge is -2.53. The predicted molar refractivity (Wildman–Crippen MR) is 79.3 cm³/mol. The average Bonchev–Trinajstić information content (AvgIpc) is 2.41. The fraction of sp³-hybridized carbons (Fsp3) is 1.00. The first-order valence-corrected chi connectivity index (χ1v) is 7.81. The Morgan fingerprint density at radius 1 is 1.26 bits per heavy atom. The van der Waals surface area contributed by atoms with E-state index in [4.69, 9.17) is 10.5 Å². The van der Waals surface area contributed by atoms with E-state index in [-0.39, 0.29) is 5.54 Å². The SMILES string of the molecule is CC1CN(C2(CN)CCN(C(C)C)CC2)C(C)CO1. The van der Waals surface area contributed by atoms with Crippen LogP contribution in [0, 0.1) is 0 Å². The molecule has 112 valence electrons. The molecule has 2 saturated heterocycles. The first kappa shape index (κ1) is 15.2. The highest BCUT2D eigenvalue weighted by molar-refractivity contribution is 5.00. The first-order valence-electron chi connectivity index (χ1n) is 7.81. The van der Waals surface area contributed by atoms with E-state index < -0.39 is 0 Å². The number of nitrogens with zero attached hydrogens (tertiary/aromatic N) is 2. The molecule has 0 saturated carbocycles. The van der Waals surface area contributed by atoms with Crippen molar-refractivity contribution in [1.29, 1.82) is 0 Å². The summed E-state index contributed by atoms with van der Waals surface area (Å²) < 4.78 is 5.77. The van der Waals surface area contributed by atoms with Gasteiger partial charge >= 0.3 is 0 Å². The summed E-state index contributed by atoms with van der Waals surface area (Å²) in [5.74, 6) is 0. The molecule has 0 aliphatic carbocycles. The summed E-state index contributed by atoms with van der Waals surface area (Å²) in [5.41, 5.74) is 6.39. The molecule has 0 aromatic carbocycles. The molecule has 0 bridgehead atoms. The van der Waals surface area contributed by atoms with Crippen LogP contribution in [-0.2, 0) is 4.74 Å². The van der Waals surface area contributed by atoms with Crippen LogP contribution in [0.25, 0.3) is 0 Å². The summed E-state index contributed by atoms with van der Waals surface area (Å²) >= 11 is 0. The van der Waals surface area contributed by atoms with Crippen molar-refractivity contribution in [2.45, 2.75) is 64.3 Å². The summed E-state index contributed by atoms with van der Waals surface area (Å²) in [7, 11) is 0. The molecule has 0 spiro atoms. The molecule has 2 unspecified atom stereocenters. The van der Waals surface area contributed by atoms with Crippen molar-refractivity contribution in [3.05, 3.63) is 0 Å². The van der Waals surface area contributed by atoms with Gasteiger partial charge in [-0.15, -0.1) is 0 Å². The Kier molecular flexibility index (Phi) is 4.88. The second kappa shape index (κ2) is 6.08. The molecular formula is C15H31N3O. The molecule has 4 nitrogen and oxygen atoms in total. The molecule has 2 heterocycles. The fourth-order valence-electron chi connectivity index (χ4n) is 3.63. The lowest BCUT2D eigenvalue weighted by molar-refractivity contribution is -0.108. The molecular weight excluding hydrogens is 238 g/mol. The van der Waals surface area contributed by atoms with Crippen LogP contribution in [0.3, 0.4) is 0 Å². The van der Waals surface area contributed by atoms with Gasteiger partial charge in [0.15, 0.2) is 0 Å². The van der Waals surface area contributed by atoms with E-state index in [1.807, 2.05) is 0 Å². The molecule has 4 heteroatoms. The van der Waals surface area contributed by atoms with Crippen molar-refractivity contribution in [2.75, 3.05) is 32.8 Å². The van der Waals surface area contributed by atoms with E-state index in [1.165, 1.54) is 25.9 Å². The predicted octanol–water partition coefficient (Wildman–Crippen LogP) is 1.30. The van der Waals surface area contributed by atoms with Crippen molar-refractivity contribution < 1.29 is 4.74 Å². The third-order valence-electron chi connectivity index (χ3n) is 5.06. The van der Waals surface area contributed by atoms with Crippen LogP contribution in [0.4, 0.5) is 0 Å². The minimum atomic E-state index is 0.197. The first-order chi connectivity index (χ1) is 8.98. The molecule has 19 heavy (non-hydrogen) atoms. The highest BCUT2D eigenvalue weighted by Crippen LogP contribution is 2.32. The molecule has 2 fully saturated rings. The molecule has 2 N–H and O–H groups in total. The van der Waals surface area contributed by atoms with Crippen LogP contribution in [0.2, 0.25) is 0 Å². The molecule has 0 aromatic heterocycles. The second-order valence-corrected chi connectivity index (χ2v) is 6.70. The van der Waals surface area contributed by atoms with Gasteiger partial charge in [0.2, 0.25) is 0 Å². The monoisotopic (exact) mass is 269 g/mol. The maximum Gasteiger partial charge on any atom is 0.0675 e. The van der Waals surface area contributed by atoms with Gasteiger partial charge in [-0.2, -0.15) is 0 Å². The normalized spacial score (nSPS) is 33.8. The number of hydrogen-bond donors (Lipinski definition) is 1. The number of morpholine rings is 1. The summed E-state index contributed by atoms with van der Waals surface area (Å²) in [4.78, 5) is 5.21. The van der Waals surface area contributed by atoms with Crippen molar-refractivity contribution in [3.8, 4) is 0 Å². The van der Waals surface area contributed by atoms with Crippen molar-refractivity contribution >= 4 is 0 Å². The Morgan fingerprint density at radius 3 is 2.42 bits per heavy atom. The molecule has 2 atom stereocenters. The van der Waals surface area contributed by atoms with Gasteiger partial charge in [-0.25, -0.2) is 0 Å². The maximum atomic E-state index is 6.20. The van der Waals surface area contributed by atoms with Gasteiger partial charge in [-0.05, 0) is 40.5 Å². The van der Waals surface area contributed by atoms with Gasteiger partial charge in [0, 0.05) is 43.8 Å². The number of likely N-dealkylation sites (tertiary alicyclic amines) is 1. The molecule has 0 radical (unpaired) electrons. The second-order valence-electron chi connectivity index (χ2n) is 6.70. The van der Waals surface area contributed by atoms with Gasteiger partial charge in [0.05, 0.1) is 12.7 Å². The van der Waals surface area contributed by atoms with Crippen molar-refractivity contribution in [2.24, 2.45) is 5.73 Å². The van der Waals surface area contributed by atoms with E-state index >= 15 is 0 Å². The van der Waals surface area contributed by atoms with Gasteiger partial charge in [0.25, 0.3) is 0 Å². The average molecular weight is 269 g/mol. The van der Waals surface area contributed by atoms with E-state index in [2.05, 4.69) is 37.5 Å². The van der Waals surface area contributed by atoms with Crippen LogP contribution >= 0.6 is 0 Å². The number of ether oxygens (including phenoxy) is 1. The minimum absolute atomic E-state index is 0.197. The Morgan fingerprint density at radius 2 is 1.89 bits per heavy atom. The Hall–Kier alpha value is -0.160. The topological polar surface area (TPSA) is 41.7 Å². The van der Waals surface area contributed by atoms with Gasteiger partial charge < -0.3 is 15.4 Å². The van der Waals surface area contributed by atoms with E-state index in [0.29, 0.717) is 18.2 Å². The zero-order valence-electron chi connectivity index (χ0n) is 13.1. The Balaban J connectivity index is 2.06. The van der Waals surface area contributed by atoms with Gasteiger partial charge in [0.1, 0.15) is 0 Å². The number of piperidine rings is 1. The lowest BCUT2D eigenvalue weighted by Crippen LogP contribution is -2.65. The fourth-order valence-corrected chi connectivity index (χ4v) is 3.63. The third-order valence-corrected chi connectivity index (χ3v) is 5.06. The summed E-state index contributed by atoms with van der Waals surface area (Å²) in [6, 6.07) is 1.14. The summed E-state index contributed by atoms with van der Waals surface area (Å²) in [6.45, 7) is 14.0. The van der Waals surface area contributed by atoms with Crippen molar-refractivity contribution in [3.63, 3.8) is 0 Å². The van der Waals surface area contributed by atoms with E-state index in [0.717, 1.165) is 19.7 Å². The molecule has 2 rings (SSSR count). The quantitative estimate of drug-likeness (QED) is 0.838. The highest BCUT2D eigenvalue weighted by Gasteiger charge is 2.43. The highest BCUT2D eigenvalue weighted by atomic mass is 16.5. The van der Waals surface area contributed by atoms with Crippen LogP contribution in [0.5, 0.6) is 0 Å². The summed E-state index contributed by atoms with van der Waals surface area (Å²) in [5, 5.41) is 0. The zero-order chi connectivity index (χ0) is 14.0. The molecule has 0 aromatic rings. The third kappa shape index (κ3) is 3.13. The molecule has 0 amide bonds. The van der Waals surface area contributed by atoms with E-state index in [1.54, 1.807) is 0 Å². The lowest BCUT2D eigenvalue weighted by atomic mass is 9.83. The Bertz CT molecular complexity index is 287. The zero-order valence-corrected chi connectivity index (χ0v) is 13.1. The number of nitrogens with two attached hydrogens (primary N) is 1. The largest absolute Gasteiger partial charge is 0.376 e. The van der Waals surface area contributed by atoms with Crippen molar-refractivity contribution in [1.82, 2.24) is 9.80 Å². The smallest absolute Gasteiger partial charge is 0.0675 e. The van der Waals surface area contributed by atoms with Crippen LogP contribution in [0.1, 0.15) is 40.5 Å².